The molecule has 0 N–H and O–H groups in total. The van der Waals surface area contributed by atoms with Gasteiger partial charge in [-0.25, -0.2) is 9.78 Å². The Morgan fingerprint density at radius 2 is 1.71 bits per heavy atom. The summed E-state index contributed by atoms with van der Waals surface area (Å²) >= 11 is 0. The molecule has 3 aliphatic heterocycles. The lowest BCUT2D eigenvalue weighted by molar-refractivity contribution is 0.0130. The number of rotatable bonds is 4. The van der Waals surface area contributed by atoms with E-state index in [0.717, 1.165) is 64.7 Å². The van der Waals surface area contributed by atoms with E-state index in [2.05, 4.69) is 43.6 Å². The van der Waals surface area contributed by atoms with Crippen LogP contribution in [0.25, 0.3) is 11.3 Å². The van der Waals surface area contributed by atoms with Gasteiger partial charge in [0.1, 0.15) is 11.4 Å². The third-order valence-corrected chi connectivity index (χ3v) is 7.40. The number of benzene rings is 1. The van der Waals surface area contributed by atoms with Gasteiger partial charge in [0.05, 0.1) is 11.9 Å². The highest BCUT2D eigenvalue weighted by Crippen LogP contribution is 2.29. The first-order chi connectivity index (χ1) is 16.4. The van der Waals surface area contributed by atoms with E-state index in [4.69, 9.17) is 4.74 Å². The van der Waals surface area contributed by atoms with E-state index >= 15 is 0 Å². The fourth-order valence-corrected chi connectivity index (χ4v) is 5.51. The summed E-state index contributed by atoms with van der Waals surface area (Å²) in [7, 11) is 0. The number of imidazole rings is 1. The highest BCUT2D eigenvalue weighted by atomic mass is 16.6. The maximum absolute atomic E-state index is 12.3. The topological polar surface area (TPSA) is 53.8 Å². The van der Waals surface area contributed by atoms with Gasteiger partial charge in [0, 0.05) is 64.5 Å². The van der Waals surface area contributed by atoms with Gasteiger partial charge >= 0.3 is 6.09 Å². The third-order valence-electron chi connectivity index (χ3n) is 7.40. The SMILES string of the molecule is CC(C)(C)OC(=O)N1CCN(CC2CCN(c3ccc(-c4cnc5n4CCC5)cc3)CC2)CC1. The fourth-order valence-electron chi connectivity index (χ4n) is 5.51. The zero-order chi connectivity index (χ0) is 23.7. The van der Waals surface area contributed by atoms with Crippen molar-refractivity contribution in [3.8, 4) is 11.3 Å². The summed E-state index contributed by atoms with van der Waals surface area (Å²) in [5, 5.41) is 0. The Balaban J connectivity index is 1.07. The van der Waals surface area contributed by atoms with Crippen molar-refractivity contribution in [2.75, 3.05) is 50.7 Å². The Morgan fingerprint density at radius 3 is 2.38 bits per heavy atom. The maximum atomic E-state index is 12.3. The number of nitrogens with zero attached hydrogens (tertiary/aromatic N) is 5. The van der Waals surface area contributed by atoms with Gasteiger partial charge in [0.2, 0.25) is 0 Å². The van der Waals surface area contributed by atoms with Crippen molar-refractivity contribution in [3.63, 3.8) is 0 Å². The van der Waals surface area contributed by atoms with E-state index in [1.807, 2.05) is 31.9 Å². The molecule has 0 bridgehead atoms. The van der Waals surface area contributed by atoms with Crippen molar-refractivity contribution < 1.29 is 9.53 Å². The summed E-state index contributed by atoms with van der Waals surface area (Å²) in [4.78, 5) is 23.8. The van der Waals surface area contributed by atoms with Crippen LogP contribution in [0.2, 0.25) is 0 Å². The van der Waals surface area contributed by atoms with Crippen LogP contribution in [0.1, 0.15) is 45.9 Å². The minimum absolute atomic E-state index is 0.177. The van der Waals surface area contributed by atoms with E-state index in [1.54, 1.807) is 0 Å². The van der Waals surface area contributed by atoms with Crippen molar-refractivity contribution in [2.45, 2.75) is 58.6 Å². The molecule has 1 aromatic heterocycles. The number of fused-ring (bicyclic) bond motifs is 1. The Kier molecular flexibility index (Phi) is 6.56. The fraction of sp³-hybridized carbons (Fsp3) is 0.630. The molecule has 2 aromatic rings. The van der Waals surface area contributed by atoms with E-state index in [1.165, 1.54) is 42.0 Å². The quantitative estimate of drug-likeness (QED) is 0.675. The number of piperidine rings is 1. The van der Waals surface area contributed by atoms with Gasteiger partial charge in [-0.05, 0) is 63.6 Å². The van der Waals surface area contributed by atoms with Gasteiger partial charge in [-0.1, -0.05) is 12.1 Å². The van der Waals surface area contributed by atoms with Gasteiger partial charge in [0.25, 0.3) is 0 Å². The van der Waals surface area contributed by atoms with Crippen LogP contribution < -0.4 is 4.90 Å². The summed E-state index contributed by atoms with van der Waals surface area (Å²) in [6.45, 7) is 13.7. The molecular formula is C27H39N5O2. The number of carbonyl (C=O) groups is 1. The molecule has 0 saturated carbocycles. The number of hydrogen-bond acceptors (Lipinski definition) is 5. The first kappa shape index (κ1) is 23.2. The molecule has 0 aliphatic carbocycles. The van der Waals surface area contributed by atoms with Gasteiger partial charge < -0.3 is 19.1 Å². The Bertz CT molecular complexity index is 977. The molecule has 0 atom stereocenters. The number of ether oxygens (including phenoxy) is 1. The van der Waals surface area contributed by atoms with Crippen LogP contribution in [0.15, 0.2) is 30.5 Å². The highest BCUT2D eigenvalue weighted by Gasteiger charge is 2.28. The molecule has 2 saturated heterocycles. The van der Waals surface area contributed by atoms with Crippen LogP contribution >= 0.6 is 0 Å². The summed E-state index contributed by atoms with van der Waals surface area (Å²) in [5.41, 5.74) is 3.42. The summed E-state index contributed by atoms with van der Waals surface area (Å²) in [5.74, 6) is 1.96. The smallest absolute Gasteiger partial charge is 0.410 e. The largest absolute Gasteiger partial charge is 0.444 e. The van der Waals surface area contributed by atoms with Gasteiger partial charge in [-0.15, -0.1) is 0 Å². The van der Waals surface area contributed by atoms with Crippen LogP contribution in [0.4, 0.5) is 10.5 Å². The maximum Gasteiger partial charge on any atom is 0.410 e. The lowest BCUT2D eigenvalue weighted by atomic mass is 9.95. The Hall–Kier alpha value is -2.54. The van der Waals surface area contributed by atoms with Crippen LogP contribution in [-0.4, -0.2) is 76.9 Å². The molecule has 0 unspecified atom stereocenters. The van der Waals surface area contributed by atoms with E-state index in [9.17, 15) is 4.79 Å². The molecule has 2 fully saturated rings. The molecule has 0 spiro atoms. The average Bonchev–Trinajstić information content (AvgIpc) is 3.43. The van der Waals surface area contributed by atoms with Crippen LogP contribution in [0.5, 0.6) is 0 Å². The van der Waals surface area contributed by atoms with Crippen molar-refractivity contribution in [3.05, 3.63) is 36.3 Å². The zero-order valence-electron chi connectivity index (χ0n) is 21.0. The molecule has 7 heteroatoms. The molecule has 1 amide bonds. The first-order valence-electron chi connectivity index (χ1n) is 13.0. The normalized spacial score (nSPS) is 20.0. The predicted octanol–water partition coefficient (Wildman–Crippen LogP) is 4.27. The van der Waals surface area contributed by atoms with Gasteiger partial charge in [-0.3, -0.25) is 4.90 Å². The average molecular weight is 466 g/mol. The van der Waals surface area contributed by atoms with Gasteiger partial charge in [0.15, 0.2) is 0 Å². The second-order valence-electron chi connectivity index (χ2n) is 11.1. The zero-order valence-corrected chi connectivity index (χ0v) is 21.0. The monoisotopic (exact) mass is 465 g/mol. The Morgan fingerprint density at radius 1 is 1.00 bits per heavy atom. The molecular weight excluding hydrogens is 426 g/mol. The van der Waals surface area contributed by atoms with E-state index in [-0.39, 0.29) is 6.09 Å². The molecule has 0 radical (unpaired) electrons. The minimum Gasteiger partial charge on any atom is -0.444 e. The lowest BCUT2D eigenvalue weighted by Crippen LogP contribution is -2.51. The van der Waals surface area contributed by atoms with Crippen molar-refractivity contribution in [2.24, 2.45) is 5.92 Å². The number of amides is 1. The van der Waals surface area contributed by atoms with Crippen LogP contribution in [0.3, 0.4) is 0 Å². The number of carbonyl (C=O) groups excluding carboxylic acids is 1. The van der Waals surface area contributed by atoms with E-state index < -0.39 is 5.60 Å². The predicted molar refractivity (Wildman–Crippen MR) is 135 cm³/mol. The van der Waals surface area contributed by atoms with E-state index in [0.29, 0.717) is 0 Å². The minimum atomic E-state index is -0.428. The molecule has 4 heterocycles. The van der Waals surface area contributed by atoms with Crippen LogP contribution in [-0.2, 0) is 17.7 Å². The first-order valence-corrected chi connectivity index (χ1v) is 13.0. The summed E-state index contributed by atoms with van der Waals surface area (Å²) in [6, 6.07) is 9.07. The molecule has 184 valence electrons. The summed E-state index contributed by atoms with van der Waals surface area (Å²) < 4.78 is 7.89. The standard InChI is InChI=1S/C27H39N5O2/c1-27(2,3)34-26(33)31-17-15-29(16-18-31)20-21-10-13-30(14-11-21)23-8-6-22(7-9-23)24-19-28-25-5-4-12-32(24)25/h6-9,19,21H,4-5,10-18,20H2,1-3H3. The van der Waals surface area contributed by atoms with Crippen molar-refractivity contribution in [1.29, 1.82) is 0 Å². The number of piperazine rings is 1. The Labute approximate surface area is 203 Å². The summed E-state index contributed by atoms with van der Waals surface area (Å²) in [6.07, 6.45) is 6.62. The van der Waals surface area contributed by atoms with Crippen molar-refractivity contribution in [1.82, 2.24) is 19.4 Å². The highest BCUT2D eigenvalue weighted by molar-refractivity contribution is 5.68. The number of aryl methyl sites for hydroxylation is 1. The second-order valence-corrected chi connectivity index (χ2v) is 11.1. The number of anilines is 1. The second kappa shape index (κ2) is 9.61. The number of aromatic nitrogens is 2. The van der Waals surface area contributed by atoms with Crippen LogP contribution in [0, 0.1) is 5.92 Å². The van der Waals surface area contributed by atoms with Crippen molar-refractivity contribution >= 4 is 11.8 Å². The number of hydrogen-bond donors (Lipinski definition) is 0. The lowest BCUT2D eigenvalue weighted by Gasteiger charge is -2.39. The third kappa shape index (κ3) is 5.24. The molecule has 7 nitrogen and oxygen atoms in total. The molecule has 3 aliphatic rings. The molecule has 5 rings (SSSR count). The molecule has 1 aromatic carbocycles. The van der Waals surface area contributed by atoms with Gasteiger partial charge in [-0.2, -0.15) is 0 Å². The molecule has 34 heavy (non-hydrogen) atoms.